The molecular weight excluding hydrogens is 408 g/mol. The molecule has 0 spiro atoms. The van der Waals surface area contributed by atoms with E-state index in [1.54, 1.807) is 17.9 Å². The number of aryl methyl sites for hydroxylation is 1. The van der Waals surface area contributed by atoms with E-state index in [1.807, 2.05) is 50.5 Å². The summed E-state index contributed by atoms with van der Waals surface area (Å²) in [4.78, 5) is 27.3. The zero-order chi connectivity index (χ0) is 24.1. The zero-order valence-corrected chi connectivity index (χ0v) is 20.8. The summed E-state index contributed by atoms with van der Waals surface area (Å²) in [5, 5.41) is 1.08. The number of rotatable bonds is 5. The minimum atomic E-state index is -0.0348. The molecule has 4 nitrogen and oxygen atoms in total. The standard InChI is InChI=1S/C27H30N2O2.C2H6/c1-5-25(21-9-7-8-18(3)10-11-21)29(19(4)30)22-14-15-26-24(16-22)23(20-12-13-20)17-27(31)28(26)6-2;1-2/h5,8-11,14-17,20H,6-7,12-13H2,1-4H3;1-2H3/b25-5-;. The fourth-order valence-electron chi connectivity index (χ4n) is 4.43. The van der Waals surface area contributed by atoms with Crippen LogP contribution in [0.25, 0.3) is 10.9 Å². The molecular formula is C29H36N2O2. The molecule has 1 saturated carbocycles. The Balaban J connectivity index is 0.00000149. The van der Waals surface area contributed by atoms with Crippen LogP contribution < -0.4 is 10.5 Å². The predicted molar refractivity (Wildman–Crippen MR) is 140 cm³/mol. The minimum absolute atomic E-state index is 0.0348. The second kappa shape index (κ2) is 10.7. The van der Waals surface area contributed by atoms with E-state index in [9.17, 15) is 9.59 Å². The number of carbonyl (C=O) groups excluding carboxylic acids is 1. The highest BCUT2D eigenvalue weighted by atomic mass is 16.2. The Hall–Kier alpha value is -3.14. The molecule has 0 aliphatic heterocycles. The lowest BCUT2D eigenvalue weighted by Crippen LogP contribution is -2.28. The van der Waals surface area contributed by atoms with E-state index in [-0.39, 0.29) is 11.5 Å². The lowest BCUT2D eigenvalue weighted by molar-refractivity contribution is -0.116. The summed E-state index contributed by atoms with van der Waals surface area (Å²) in [6.45, 7) is 12.3. The molecule has 4 rings (SSSR count). The minimum Gasteiger partial charge on any atom is -0.309 e. The largest absolute Gasteiger partial charge is 0.309 e. The van der Waals surface area contributed by atoms with Gasteiger partial charge in [-0.05, 0) is 75.3 Å². The molecule has 0 N–H and O–H groups in total. The molecule has 1 aromatic carbocycles. The normalized spacial score (nSPS) is 15.9. The van der Waals surface area contributed by atoms with Gasteiger partial charge in [-0.1, -0.05) is 49.8 Å². The van der Waals surface area contributed by atoms with E-state index in [0.717, 1.165) is 52.7 Å². The maximum Gasteiger partial charge on any atom is 0.251 e. The predicted octanol–water partition coefficient (Wildman–Crippen LogP) is 7.01. The van der Waals surface area contributed by atoms with E-state index in [4.69, 9.17) is 0 Å². The molecule has 0 radical (unpaired) electrons. The van der Waals surface area contributed by atoms with Crippen LogP contribution in [-0.4, -0.2) is 10.5 Å². The lowest BCUT2D eigenvalue weighted by Gasteiger charge is -2.26. The van der Waals surface area contributed by atoms with Crippen molar-refractivity contribution < 1.29 is 4.79 Å². The molecule has 33 heavy (non-hydrogen) atoms. The van der Waals surface area contributed by atoms with Crippen molar-refractivity contribution in [2.75, 3.05) is 4.90 Å². The Labute approximate surface area is 197 Å². The molecule has 1 heterocycles. The number of benzene rings is 1. The summed E-state index contributed by atoms with van der Waals surface area (Å²) < 4.78 is 1.81. The maximum atomic E-state index is 12.8. The first-order valence-corrected chi connectivity index (χ1v) is 12.1. The molecule has 0 unspecified atom stereocenters. The fraction of sp³-hybridized carbons (Fsp3) is 0.379. The number of allylic oxidation sites excluding steroid dienone is 6. The SMILES string of the molecule is C/C=C(/C1=CCC=C(C)C=C1)N(C(C)=O)c1ccc2c(c1)c(C1CC1)cc(=O)n2CC.CC. The van der Waals surface area contributed by atoms with Gasteiger partial charge >= 0.3 is 0 Å². The van der Waals surface area contributed by atoms with Gasteiger partial charge in [0.15, 0.2) is 0 Å². The van der Waals surface area contributed by atoms with Crippen LogP contribution in [0.4, 0.5) is 5.69 Å². The topological polar surface area (TPSA) is 42.3 Å². The van der Waals surface area contributed by atoms with Crippen LogP contribution in [0.2, 0.25) is 0 Å². The van der Waals surface area contributed by atoms with Crippen molar-refractivity contribution in [3.63, 3.8) is 0 Å². The number of hydrogen-bond acceptors (Lipinski definition) is 2. The van der Waals surface area contributed by atoms with Crippen LogP contribution in [0.3, 0.4) is 0 Å². The van der Waals surface area contributed by atoms with Crippen molar-refractivity contribution in [3.05, 3.63) is 87.4 Å². The van der Waals surface area contributed by atoms with Crippen LogP contribution >= 0.6 is 0 Å². The summed E-state index contributed by atoms with van der Waals surface area (Å²) in [6.07, 6.45) is 13.6. The Morgan fingerprint density at radius 3 is 2.48 bits per heavy atom. The van der Waals surface area contributed by atoms with Crippen molar-refractivity contribution in [1.29, 1.82) is 0 Å². The summed E-state index contributed by atoms with van der Waals surface area (Å²) in [7, 11) is 0. The van der Waals surface area contributed by atoms with Crippen molar-refractivity contribution >= 4 is 22.5 Å². The number of anilines is 1. The van der Waals surface area contributed by atoms with Gasteiger partial charge in [0.05, 0.1) is 11.2 Å². The Morgan fingerprint density at radius 1 is 1.15 bits per heavy atom. The molecule has 2 aliphatic carbocycles. The van der Waals surface area contributed by atoms with Gasteiger partial charge in [-0.15, -0.1) is 0 Å². The third-order valence-electron chi connectivity index (χ3n) is 6.15. The molecule has 4 heteroatoms. The van der Waals surface area contributed by atoms with Gasteiger partial charge in [0.2, 0.25) is 5.91 Å². The molecule has 2 aliphatic rings. The molecule has 0 bridgehead atoms. The molecule has 1 fully saturated rings. The summed E-state index contributed by atoms with van der Waals surface area (Å²) in [6, 6.07) is 7.84. The van der Waals surface area contributed by atoms with Gasteiger partial charge in [-0.2, -0.15) is 0 Å². The molecule has 1 amide bonds. The Bertz CT molecular complexity index is 1220. The monoisotopic (exact) mass is 444 g/mol. The quantitative estimate of drug-likeness (QED) is 0.497. The average Bonchev–Trinajstić information content (AvgIpc) is 3.66. The van der Waals surface area contributed by atoms with E-state index in [2.05, 4.69) is 37.3 Å². The Morgan fingerprint density at radius 2 is 1.88 bits per heavy atom. The number of nitrogens with zero attached hydrogens (tertiary/aromatic N) is 2. The number of amides is 1. The highest BCUT2D eigenvalue weighted by molar-refractivity contribution is 5.99. The van der Waals surface area contributed by atoms with Gasteiger partial charge in [0.1, 0.15) is 0 Å². The van der Waals surface area contributed by atoms with Crippen molar-refractivity contribution in [3.8, 4) is 0 Å². The second-order valence-electron chi connectivity index (χ2n) is 8.36. The summed E-state index contributed by atoms with van der Waals surface area (Å²) in [5.41, 5.74) is 6.08. The maximum absolute atomic E-state index is 12.8. The van der Waals surface area contributed by atoms with Crippen molar-refractivity contribution in [2.45, 2.75) is 73.3 Å². The highest BCUT2D eigenvalue weighted by Gasteiger charge is 2.27. The number of pyridine rings is 1. The highest BCUT2D eigenvalue weighted by Crippen LogP contribution is 2.43. The van der Waals surface area contributed by atoms with Crippen molar-refractivity contribution in [1.82, 2.24) is 4.57 Å². The van der Waals surface area contributed by atoms with Crippen LogP contribution in [-0.2, 0) is 11.3 Å². The summed E-state index contributed by atoms with van der Waals surface area (Å²) >= 11 is 0. The van der Waals surface area contributed by atoms with E-state index in [0.29, 0.717) is 12.5 Å². The van der Waals surface area contributed by atoms with Crippen LogP contribution in [0.1, 0.15) is 72.3 Å². The van der Waals surface area contributed by atoms with E-state index < -0.39 is 0 Å². The first-order chi connectivity index (χ1) is 15.9. The van der Waals surface area contributed by atoms with Gasteiger partial charge in [-0.3, -0.25) is 14.5 Å². The van der Waals surface area contributed by atoms with Crippen LogP contribution in [0.5, 0.6) is 0 Å². The lowest BCUT2D eigenvalue weighted by atomic mass is 10.0. The zero-order valence-electron chi connectivity index (χ0n) is 20.8. The average molecular weight is 445 g/mol. The molecule has 0 atom stereocenters. The number of carbonyl (C=O) groups is 1. The van der Waals surface area contributed by atoms with Crippen LogP contribution in [0.15, 0.2) is 76.3 Å². The van der Waals surface area contributed by atoms with Gasteiger partial charge in [0, 0.05) is 30.6 Å². The number of fused-ring (bicyclic) bond motifs is 1. The molecule has 2 aromatic rings. The number of hydrogen-bond donors (Lipinski definition) is 0. The third kappa shape index (κ3) is 5.11. The number of aromatic nitrogens is 1. The van der Waals surface area contributed by atoms with E-state index in [1.165, 1.54) is 5.57 Å². The van der Waals surface area contributed by atoms with Gasteiger partial charge in [0.25, 0.3) is 5.56 Å². The van der Waals surface area contributed by atoms with Gasteiger partial charge in [-0.25, -0.2) is 0 Å². The van der Waals surface area contributed by atoms with Crippen molar-refractivity contribution in [2.24, 2.45) is 0 Å². The van der Waals surface area contributed by atoms with E-state index >= 15 is 0 Å². The van der Waals surface area contributed by atoms with Gasteiger partial charge < -0.3 is 4.57 Å². The molecule has 174 valence electrons. The Kier molecular flexibility index (Phi) is 7.91. The molecule has 0 saturated heterocycles. The second-order valence-corrected chi connectivity index (χ2v) is 8.36. The first-order valence-electron chi connectivity index (χ1n) is 12.1. The first kappa shape index (κ1) is 24.5. The molecule has 1 aromatic heterocycles. The third-order valence-corrected chi connectivity index (χ3v) is 6.15. The summed E-state index contributed by atoms with van der Waals surface area (Å²) in [5.74, 6) is 0.415. The fourth-order valence-corrected chi connectivity index (χ4v) is 4.43. The smallest absolute Gasteiger partial charge is 0.251 e. The van der Waals surface area contributed by atoms with Crippen LogP contribution in [0, 0.1) is 0 Å².